The van der Waals surface area contributed by atoms with Crippen LogP contribution >= 0.6 is 27.7 Å². The van der Waals surface area contributed by atoms with E-state index in [1.165, 1.54) is 0 Å². The van der Waals surface area contributed by atoms with Crippen LogP contribution in [0.4, 0.5) is 4.79 Å². The van der Waals surface area contributed by atoms with Crippen molar-refractivity contribution in [3.05, 3.63) is 27.1 Å². The summed E-state index contributed by atoms with van der Waals surface area (Å²) in [5, 5.41) is -0.361. The number of hydrogen-bond donors (Lipinski definition) is 0. The second-order valence-electron chi connectivity index (χ2n) is 5.57. The zero-order valence-corrected chi connectivity index (χ0v) is 17.3. The van der Waals surface area contributed by atoms with Crippen LogP contribution in [-0.2, 0) is 4.79 Å². The molecular weight excluding hydrogens is 418 g/mol. The van der Waals surface area contributed by atoms with Gasteiger partial charge in [0.05, 0.1) is 28.6 Å². The number of thioether (sulfide) groups is 1. The second-order valence-corrected chi connectivity index (χ2v) is 7.42. The normalized spacial score (nSPS) is 16.7. The van der Waals surface area contributed by atoms with Gasteiger partial charge in [-0.2, -0.15) is 0 Å². The molecule has 0 aromatic heterocycles. The van der Waals surface area contributed by atoms with Crippen LogP contribution in [0.2, 0.25) is 0 Å². The van der Waals surface area contributed by atoms with Crippen molar-refractivity contribution >= 4 is 44.9 Å². The molecule has 1 atom stereocenters. The van der Waals surface area contributed by atoms with E-state index in [4.69, 9.17) is 15.9 Å². The summed E-state index contributed by atoms with van der Waals surface area (Å²) in [7, 11) is 0. The number of halogens is 1. The van der Waals surface area contributed by atoms with E-state index in [0.717, 1.165) is 33.1 Å². The molecule has 0 bridgehead atoms. The average Bonchev–Trinajstić information content (AvgIpc) is 2.86. The van der Waals surface area contributed by atoms with E-state index in [1.807, 2.05) is 26.8 Å². The monoisotopic (exact) mass is 437 g/mol. The molecule has 2 rings (SSSR count). The topological polar surface area (TPSA) is 55.8 Å². The molecule has 1 heterocycles. The zero-order valence-electron chi connectivity index (χ0n) is 14.9. The Kier molecular flexibility index (Phi) is 7.18. The molecule has 2 amide bonds. The van der Waals surface area contributed by atoms with Gasteiger partial charge in [0, 0.05) is 0 Å². The highest BCUT2D eigenvalue weighted by Crippen LogP contribution is 2.40. The molecule has 1 unspecified atom stereocenters. The van der Waals surface area contributed by atoms with Crippen LogP contribution in [0.3, 0.4) is 0 Å². The number of amides is 2. The van der Waals surface area contributed by atoms with Crippen molar-refractivity contribution in [3.8, 4) is 23.8 Å². The Bertz CT molecular complexity index is 784. The third-order valence-electron chi connectivity index (χ3n) is 3.65. The Morgan fingerprint density at radius 3 is 2.73 bits per heavy atom. The maximum absolute atomic E-state index is 12.3. The van der Waals surface area contributed by atoms with Crippen LogP contribution in [0.15, 0.2) is 21.5 Å². The van der Waals surface area contributed by atoms with Crippen molar-refractivity contribution in [2.75, 3.05) is 13.2 Å². The highest BCUT2D eigenvalue weighted by atomic mass is 79.9. The lowest BCUT2D eigenvalue weighted by Gasteiger charge is -2.18. The van der Waals surface area contributed by atoms with Gasteiger partial charge in [0.2, 0.25) is 0 Å². The number of ether oxygens (including phenoxy) is 2. The molecule has 1 saturated heterocycles. The van der Waals surface area contributed by atoms with E-state index in [1.54, 1.807) is 12.1 Å². The quantitative estimate of drug-likeness (QED) is 0.457. The smallest absolute Gasteiger partial charge is 0.294 e. The molecule has 0 spiro atoms. The van der Waals surface area contributed by atoms with Gasteiger partial charge in [-0.25, -0.2) is 0 Å². The van der Waals surface area contributed by atoms with Gasteiger partial charge in [0.25, 0.3) is 11.1 Å². The van der Waals surface area contributed by atoms with E-state index < -0.39 is 0 Å². The number of imide groups is 1. The number of benzene rings is 1. The summed E-state index contributed by atoms with van der Waals surface area (Å²) in [5.41, 5.74) is 0.725. The summed E-state index contributed by atoms with van der Waals surface area (Å²) < 4.78 is 12.4. The predicted molar refractivity (Wildman–Crippen MR) is 107 cm³/mol. The van der Waals surface area contributed by atoms with Crippen molar-refractivity contribution < 1.29 is 19.1 Å². The van der Waals surface area contributed by atoms with E-state index in [-0.39, 0.29) is 23.8 Å². The summed E-state index contributed by atoms with van der Waals surface area (Å²) in [5.74, 6) is 3.14. The van der Waals surface area contributed by atoms with Gasteiger partial charge in [0.1, 0.15) is 0 Å². The molecule has 0 N–H and O–H groups in total. The molecular formula is C19H20BrNO4S. The minimum Gasteiger partial charge on any atom is -0.490 e. The minimum absolute atomic E-state index is 0.0302. The fourth-order valence-electron chi connectivity index (χ4n) is 2.21. The Hall–Kier alpha value is -1.91. The van der Waals surface area contributed by atoms with Gasteiger partial charge < -0.3 is 9.47 Å². The summed E-state index contributed by atoms with van der Waals surface area (Å²) in [6, 6.07) is 3.62. The molecule has 7 heteroatoms. The number of carbonyl (C=O) groups is 2. The highest BCUT2D eigenvalue weighted by molar-refractivity contribution is 9.10. The molecule has 0 radical (unpaired) electrons. The molecule has 5 nitrogen and oxygen atoms in total. The van der Waals surface area contributed by atoms with Crippen LogP contribution in [0.5, 0.6) is 11.5 Å². The Balaban J connectivity index is 2.37. The summed E-state index contributed by atoms with van der Waals surface area (Å²) in [4.78, 5) is 25.6. The second kappa shape index (κ2) is 9.15. The first-order valence-electron chi connectivity index (χ1n) is 8.23. The lowest BCUT2D eigenvalue weighted by Crippen LogP contribution is -2.28. The van der Waals surface area contributed by atoms with Gasteiger partial charge in [-0.05, 0) is 71.7 Å². The van der Waals surface area contributed by atoms with Gasteiger partial charge in [0.15, 0.2) is 11.5 Å². The van der Waals surface area contributed by atoms with Crippen molar-refractivity contribution in [1.29, 1.82) is 0 Å². The first-order valence-corrected chi connectivity index (χ1v) is 9.84. The molecule has 26 heavy (non-hydrogen) atoms. The number of rotatable bonds is 7. The molecule has 1 aromatic carbocycles. The summed E-state index contributed by atoms with van der Waals surface area (Å²) in [6.07, 6.45) is 7.77. The van der Waals surface area contributed by atoms with Crippen LogP contribution in [0.25, 0.3) is 6.08 Å². The fourth-order valence-corrected chi connectivity index (χ4v) is 3.60. The number of carbonyl (C=O) groups excluding carboxylic acids is 2. The van der Waals surface area contributed by atoms with Crippen molar-refractivity contribution in [2.24, 2.45) is 0 Å². The molecule has 0 aliphatic carbocycles. The largest absolute Gasteiger partial charge is 0.490 e. The lowest BCUT2D eigenvalue weighted by molar-refractivity contribution is -0.122. The molecule has 138 valence electrons. The van der Waals surface area contributed by atoms with Crippen molar-refractivity contribution in [3.63, 3.8) is 0 Å². The molecule has 1 fully saturated rings. The Labute approximate surface area is 166 Å². The maximum atomic E-state index is 12.3. The number of hydrogen-bond acceptors (Lipinski definition) is 5. The molecule has 1 aromatic rings. The van der Waals surface area contributed by atoms with Gasteiger partial charge in [-0.15, -0.1) is 6.42 Å². The zero-order chi connectivity index (χ0) is 19.3. The predicted octanol–water partition coefficient (Wildman–Crippen LogP) is 4.69. The first-order chi connectivity index (χ1) is 12.4. The SMILES string of the molecule is C#CCN1C(=O)S/C(=C/c2cc(Br)c(OC(C)CC)c(OCC)c2)C1=O. The Morgan fingerprint density at radius 2 is 2.12 bits per heavy atom. The summed E-state index contributed by atoms with van der Waals surface area (Å²) in [6.45, 7) is 6.36. The van der Waals surface area contributed by atoms with E-state index in [2.05, 4.69) is 21.9 Å². The highest BCUT2D eigenvalue weighted by Gasteiger charge is 2.34. The average molecular weight is 438 g/mol. The van der Waals surface area contributed by atoms with E-state index in [0.29, 0.717) is 23.0 Å². The van der Waals surface area contributed by atoms with Crippen LogP contribution in [0, 0.1) is 12.3 Å². The van der Waals surface area contributed by atoms with Gasteiger partial charge in [-0.1, -0.05) is 12.8 Å². The molecule has 1 aliphatic rings. The first kappa shape index (κ1) is 20.4. The third-order valence-corrected chi connectivity index (χ3v) is 5.14. The lowest BCUT2D eigenvalue weighted by atomic mass is 10.1. The Morgan fingerprint density at radius 1 is 1.38 bits per heavy atom. The van der Waals surface area contributed by atoms with Crippen LogP contribution in [-0.4, -0.2) is 35.3 Å². The van der Waals surface area contributed by atoms with E-state index in [9.17, 15) is 9.59 Å². The fraction of sp³-hybridized carbons (Fsp3) is 0.368. The number of nitrogens with zero attached hydrogens (tertiary/aromatic N) is 1. The van der Waals surface area contributed by atoms with Crippen LogP contribution < -0.4 is 9.47 Å². The number of terminal acetylenes is 1. The molecule has 1 aliphatic heterocycles. The maximum Gasteiger partial charge on any atom is 0.294 e. The van der Waals surface area contributed by atoms with Crippen LogP contribution in [0.1, 0.15) is 32.8 Å². The van der Waals surface area contributed by atoms with Crippen molar-refractivity contribution in [1.82, 2.24) is 4.90 Å². The minimum atomic E-state index is -0.382. The van der Waals surface area contributed by atoms with E-state index >= 15 is 0 Å². The standard InChI is InChI=1S/C19H20BrNO4S/c1-5-8-21-18(22)16(26-19(21)23)11-13-9-14(20)17(25-12(4)6-2)15(10-13)24-7-3/h1,9-12H,6-8H2,2-4H3/b16-11+. The molecule has 0 saturated carbocycles. The van der Waals surface area contributed by atoms with Crippen molar-refractivity contribution in [2.45, 2.75) is 33.3 Å². The van der Waals surface area contributed by atoms with Gasteiger partial charge in [-0.3, -0.25) is 14.5 Å². The van der Waals surface area contributed by atoms with Gasteiger partial charge >= 0.3 is 0 Å². The summed E-state index contributed by atoms with van der Waals surface area (Å²) >= 11 is 4.38. The third kappa shape index (κ3) is 4.63.